The fraction of sp³-hybridized carbons (Fsp3) is 0.286. The maximum Gasteiger partial charge on any atom is 0.240 e. The van der Waals surface area contributed by atoms with Crippen molar-refractivity contribution in [1.82, 2.24) is 9.88 Å². The second-order valence-electron chi connectivity index (χ2n) is 4.55. The van der Waals surface area contributed by atoms with Gasteiger partial charge in [0.2, 0.25) is 5.91 Å². The number of rotatable bonds is 5. The van der Waals surface area contributed by atoms with Gasteiger partial charge >= 0.3 is 0 Å². The number of anilines is 1. The van der Waals surface area contributed by atoms with Gasteiger partial charge in [-0.2, -0.15) is 0 Å². The number of nitrogens with zero attached hydrogens (tertiary/aromatic N) is 2. The van der Waals surface area contributed by atoms with Crippen molar-refractivity contribution in [1.29, 1.82) is 0 Å². The number of ether oxygens (including phenoxy) is 1. The molecular formula is C14H17N3O2S. The van der Waals surface area contributed by atoms with Crippen molar-refractivity contribution >= 4 is 22.4 Å². The highest BCUT2D eigenvalue weighted by molar-refractivity contribution is 7.14. The van der Waals surface area contributed by atoms with Crippen LogP contribution in [-0.2, 0) is 4.79 Å². The maximum atomic E-state index is 11.6. The van der Waals surface area contributed by atoms with Crippen LogP contribution in [0.5, 0.6) is 5.75 Å². The number of carbonyl (C=O) groups is 1. The first-order chi connectivity index (χ1) is 9.58. The van der Waals surface area contributed by atoms with Gasteiger partial charge in [-0.15, -0.1) is 11.3 Å². The van der Waals surface area contributed by atoms with Gasteiger partial charge in [0.15, 0.2) is 5.13 Å². The number of hydrogen-bond acceptors (Lipinski definition) is 5. The highest BCUT2D eigenvalue weighted by atomic mass is 32.1. The number of hydrogen-bond donors (Lipinski definition) is 1. The lowest BCUT2D eigenvalue weighted by atomic mass is 10.2. The van der Waals surface area contributed by atoms with Crippen molar-refractivity contribution in [2.75, 3.05) is 33.1 Å². The highest BCUT2D eigenvalue weighted by Crippen LogP contribution is 2.26. The molecule has 1 aromatic carbocycles. The molecule has 20 heavy (non-hydrogen) atoms. The Labute approximate surface area is 122 Å². The molecule has 0 saturated heterocycles. The molecule has 1 aromatic heterocycles. The number of benzene rings is 1. The van der Waals surface area contributed by atoms with Crippen LogP contribution in [0.15, 0.2) is 29.6 Å². The minimum absolute atomic E-state index is 0.0642. The van der Waals surface area contributed by atoms with E-state index in [-0.39, 0.29) is 5.91 Å². The molecular weight excluding hydrogens is 274 g/mol. The summed E-state index contributed by atoms with van der Waals surface area (Å²) in [6.45, 7) is 0.345. The van der Waals surface area contributed by atoms with E-state index in [1.54, 1.807) is 7.11 Å². The quantitative estimate of drug-likeness (QED) is 0.918. The van der Waals surface area contributed by atoms with E-state index in [1.165, 1.54) is 11.3 Å². The van der Waals surface area contributed by atoms with Crippen LogP contribution in [0.3, 0.4) is 0 Å². The van der Waals surface area contributed by atoms with Crippen LogP contribution in [0.4, 0.5) is 5.13 Å². The molecule has 5 nitrogen and oxygen atoms in total. The first-order valence-electron chi connectivity index (χ1n) is 6.13. The second kappa shape index (κ2) is 6.49. The number of thiazole rings is 1. The summed E-state index contributed by atoms with van der Waals surface area (Å²) in [5, 5.41) is 5.33. The summed E-state index contributed by atoms with van der Waals surface area (Å²) in [6, 6.07) is 7.66. The Hall–Kier alpha value is -1.92. The van der Waals surface area contributed by atoms with Gasteiger partial charge in [0.05, 0.1) is 19.3 Å². The van der Waals surface area contributed by atoms with Gasteiger partial charge in [-0.1, -0.05) is 0 Å². The molecule has 1 N–H and O–H groups in total. The summed E-state index contributed by atoms with van der Waals surface area (Å²) in [4.78, 5) is 17.9. The standard InChI is InChI=1S/C14H17N3O2S/c1-17(2)8-13(18)16-14-15-12(9-20-14)10-4-6-11(19-3)7-5-10/h4-7,9H,8H2,1-3H3,(H,15,16,18). The Morgan fingerprint density at radius 1 is 1.35 bits per heavy atom. The zero-order valence-electron chi connectivity index (χ0n) is 11.7. The van der Waals surface area contributed by atoms with E-state index >= 15 is 0 Å². The van der Waals surface area contributed by atoms with Crippen LogP contribution >= 0.6 is 11.3 Å². The Morgan fingerprint density at radius 2 is 2.05 bits per heavy atom. The molecule has 0 atom stereocenters. The summed E-state index contributed by atoms with van der Waals surface area (Å²) in [5.41, 5.74) is 1.84. The lowest BCUT2D eigenvalue weighted by Gasteiger charge is -2.07. The molecule has 0 fully saturated rings. The van der Waals surface area contributed by atoms with Gasteiger partial charge in [-0.25, -0.2) is 4.98 Å². The van der Waals surface area contributed by atoms with Gasteiger partial charge in [-0.05, 0) is 38.4 Å². The lowest BCUT2D eigenvalue weighted by Crippen LogP contribution is -2.26. The third kappa shape index (κ3) is 3.79. The van der Waals surface area contributed by atoms with E-state index in [0.29, 0.717) is 11.7 Å². The molecule has 0 aliphatic rings. The van der Waals surface area contributed by atoms with E-state index in [4.69, 9.17) is 4.74 Å². The Morgan fingerprint density at radius 3 is 2.65 bits per heavy atom. The monoisotopic (exact) mass is 291 g/mol. The minimum atomic E-state index is -0.0642. The van der Waals surface area contributed by atoms with E-state index < -0.39 is 0 Å². The Balaban J connectivity index is 2.06. The summed E-state index contributed by atoms with van der Waals surface area (Å²) >= 11 is 1.42. The molecule has 106 valence electrons. The zero-order chi connectivity index (χ0) is 14.5. The molecule has 0 bridgehead atoms. The zero-order valence-corrected chi connectivity index (χ0v) is 12.5. The van der Waals surface area contributed by atoms with Crippen molar-refractivity contribution < 1.29 is 9.53 Å². The number of methoxy groups -OCH3 is 1. The second-order valence-corrected chi connectivity index (χ2v) is 5.41. The van der Waals surface area contributed by atoms with Crippen molar-refractivity contribution in [2.45, 2.75) is 0 Å². The molecule has 0 aliphatic carbocycles. The first-order valence-corrected chi connectivity index (χ1v) is 7.01. The smallest absolute Gasteiger partial charge is 0.240 e. The SMILES string of the molecule is COc1ccc(-c2csc(NC(=O)CN(C)C)n2)cc1. The molecule has 0 aliphatic heterocycles. The molecule has 1 heterocycles. The average molecular weight is 291 g/mol. The van der Waals surface area contributed by atoms with Crippen LogP contribution in [0.2, 0.25) is 0 Å². The number of amides is 1. The number of likely N-dealkylation sites (N-methyl/N-ethyl adjacent to an activating group) is 1. The molecule has 1 amide bonds. The fourth-order valence-electron chi connectivity index (χ4n) is 1.67. The third-order valence-electron chi connectivity index (χ3n) is 2.60. The number of carbonyl (C=O) groups excluding carboxylic acids is 1. The van der Waals surface area contributed by atoms with Crippen LogP contribution in [0, 0.1) is 0 Å². The van der Waals surface area contributed by atoms with Crippen molar-refractivity contribution in [3.8, 4) is 17.0 Å². The van der Waals surface area contributed by atoms with Crippen molar-refractivity contribution in [3.63, 3.8) is 0 Å². The Kier molecular flexibility index (Phi) is 4.70. The normalized spacial score (nSPS) is 10.6. The van der Waals surface area contributed by atoms with Gasteiger partial charge in [0, 0.05) is 10.9 Å². The van der Waals surface area contributed by atoms with E-state index in [1.807, 2.05) is 48.6 Å². The highest BCUT2D eigenvalue weighted by Gasteiger charge is 2.08. The van der Waals surface area contributed by atoms with Crippen molar-refractivity contribution in [2.24, 2.45) is 0 Å². The fourth-order valence-corrected chi connectivity index (χ4v) is 2.41. The largest absolute Gasteiger partial charge is 0.497 e. The van der Waals surface area contributed by atoms with Crippen LogP contribution in [-0.4, -0.2) is 43.5 Å². The topological polar surface area (TPSA) is 54.5 Å². The summed E-state index contributed by atoms with van der Waals surface area (Å²) < 4.78 is 5.12. The molecule has 0 unspecified atom stereocenters. The lowest BCUT2D eigenvalue weighted by molar-refractivity contribution is -0.116. The number of aromatic nitrogens is 1. The Bertz CT molecular complexity index is 578. The molecule has 0 radical (unpaired) electrons. The van der Waals surface area contributed by atoms with E-state index in [9.17, 15) is 4.79 Å². The molecule has 0 spiro atoms. The van der Waals surface area contributed by atoms with Gasteiger partial charge in [0.1, 0.15) is 5.75 Å². The van der Waals surface area contributed by atoms with Gasteiger partial charge in [-0.3, -0.25) is 4.79 Å². The first kappa shape index (κ1) is 14.5. The predicted molar refractivity (Wildman–Crippen MR) is 81.3 cm³/mol. The average Bonchev–Trinajstić information content (AvgIpc) is 2.86. The van der Waals surface area contributed by atoms with Crippen LogP contribution in [0.25, 0.3) is 11.3 Å². The molecule has 2 rings (SSSR count). The maximum absolute atomic E-state index is 11.6. The van der Waals surface area contributed by atoms with Crippen molar-refractivity contribution in [3.05, 3.63) is 29.6 Å². The number of nitrogens with one attached hydrogen (secondary N) is 1. The predicted octanol–water partition coefficient (Wildman–Crippen LogP) is 2.32. The van der Waals surface area contributed by atoms with Gasteiger partial charge in [0.25, 0.3) is 0 Å². The summed E-state index contributed by atoms with van der Waals surface area (Å²) in [7, 11) is 5.34. The van der Waals surface area contributed by atoms with E-state index in [2.05, 4.69) is 10.3 Å². The summed E-state index contributed by atoms with van der Waals surface area (Å²) in [5.74, 6) is 0.745. The van der Waals surface area contributed by atoms with Gasteiger partial charge < -0.3 is 15.0 Å². The minimum Gasteiger partial charge on any atom is -0.497 e. The summed E-state index contributed by atoms with van der Waals surface area (Å²) in [6.07, 6.45) is 0. The third-order valence-corrected chi connectivity index (χ3v) is 3.35. The van der Waals surface area contributed by atoms with Crippen LogP contribution in [0.1, 0.15) is 0 Å². The van der Waals surface area contributed by atoms with Crippen LogP contribution < -0.4 is 10.1 Å². The molecule has 2 aromatic rings. The van der Waals surface area contributed by atoms with E-state index in [0.717, 1.165) is 17.0 Å². The molecule has 0 saturated carbocycles. The molecule has 6 heteroatoms.